The molecule has 0 aliphatic carbocycles. The molecule has 0 unspecified atom stereocenters. The number of nitrogens with two attached hydrogens (primary N) is 1. The van der Waals surface area contributed by atoms with Crippen molar-refractivity contribution in [2.75, 3.05) is 32.1 Å². The van der Waals surface area contributed by atoms with Crippen LogP contribution in [-0.2, 0) is 21.2 Å². The quantitative estimate of drug-likeness (QED) is 0.713. The third kappa shape index (κ3) is 5.23. The maximum atomic E-state index is 11.6. The highest BCUT2D eigenvalue weighted by molar-refractivity contribution is 7.89. The zero-order valence-electron chi connectivity index (χ0n) is 11.0. The molecule has 3 N–H and O–H groups in total. The van der Waals surface area contributed by atoms with E-state index < -0.39 is 10.0 Å². The molecule has 1 aromatic rings. The molecule has 1 aromatic heterocycles. The minimum atomic E-state index is -3.29. The number of amides is 1. The van der Waals surface area contributed by atoms with Crippen LogP contribution in [0.4, 0.5) is 5.69 Å². The Morgan fingerprint density at radius 3 is 2.63 bits per heavy atom. The lowest BCUT2D eigenvalue weighted by Gasteiger charge is -2.11. The van der Waals surface area contributed by atoms with Gasteiger partial charge < -0.3 is 11.1 Å². The average molecular weight is 286 g/mol. The van der Waals surface area contributed by atoms with E-state index in [2.05, 4.69) is 10.3 Å². The number of hydrogen-bond acceptors (Lipinski definition) is 5. The van der Waals surface area contributed by atoms with Gasteiger partial charge in [-0.1, -0.05) is 0 Å². The van der Waals surface area contributed by atoms with E-state index >= 15 is 0 Å². The van der Waals surface area contributed by atoms with Crippen molar-refractivity contribution < 1.29 is 13.2 Å². The summed E-state index contributed by atoms with van der Waals surface area (Å²) in [4.78, 5) is 15.6. The van der Waals surface area contributed by atoms with E-state index in [1.165, 1.54) is 20.3 Å². The van der Waals surface area contributed by atoms with Crippen molar-refractivity contribution in [3.8, 4) is 0 Å². The van der Waals surface area contributed by atoms with Gasteiger partial charge >= 0.3 is 0 Å². The fraction of sp³-hybridized carbons (Fsp3) is 0.455. The second-order valence-electron chi connectivity index (χ2n) is 4.21. The van der Waals surface area contributed by atoms with E-state index in [0.29, 0.717) is 11.4 Å². The molecule has 0 aliphatic heterocycles. The van der Waals surface area contributed by atoms with Crippen molar-refractivity contribution >= 4 is 21.6 Å². The summed E-state index contributed by atoms with van der Waals surface area (Å²) in [6.07, 6.45) is 1.57. The number of nitrogen functional groups attached to an aromatic ring is 1. The molecule has 1 amide bonds. The highest BCUT2D eigenvalue weighted by Crippen LogP contribution is 2.01. The number of rotatable bonds is 6. The zero-order chi connectivity index (χ0) is 14.5. The number of sulfonamides is 1. The lowest BCUT2D eigenvalue weighted by Crippen LogP contribution is -2.34. The van der Waals surface area contributed by atoms with Crippen molar-refractivity contribution in [1.82, 2.24) is 14.6 Å². The van der Waals surface area contributed by atoms with Crippen LogP contribution in [0, 0.1) is 0 Å². The molecular formula is C11H18N4O3S. The molecule has 8 heteroatoms. The maximum absolute atomic E-state index is 11.6. The van der Waals surface area contributed by atoms with Crippen molar-refractivity contribution in [2.45, 2.75) is 6.42 Å². The van der Waals surface area contributed by atoms with Gasteiger partial charge in [-0.25, -0.2) is 12.7 Å². The first-order valence-corrected chi connectivity index (χ1v) is 7.29. The van der Waals surface area contributed by atoms with Gasteiger partial charge in [0, 0.05) is 26.3 Å². The molecule has 0 spiro atoms. The number of carbonyl (C=O) groups is 1. The first-order chi connectivity index (χ1) is 8.81. The number of hydrogen-bond donors (Lipinski definition) is 2. The Morgan fingerprint density at radius 1 is 1.42 bits per heavy atom. The Morgan fingerprint density at radius 2 is 2.11 bits per heavy atom. The summed E-state index contributed by atoms with van der Waals surface area (Å²) in [5, 5.41) is 2.54. The summed E-state index contributed by atoms with van der Waals surface area (Å²) in [7, 11) is -0.378. The number of aromatic nitrogens is 1. The maximum Gasteiger partial charge on any atom is 0.226 e. The minimum absolute atomic E-state index is 0.0777. The molecule has 7 nitrogen and oxygen atoms in total. The summed E-state index contributed by atoms with van der Waals surface area (Å²) in [5.41, 5.74) is 6.59. The lowest BCUT2D eigenvalue weighted by atomic mass is 10.2. The van der Waals surface area contributed by atoms with Crippen molar-refractivity contribution in [3.05, 3.63) is 24.0 Å². The summed E-state index contributed by atoms with van der Waals surface area (Å²) in [6.45, 7) is 0.0777. The van der Waals surface area contributed by atoms with Crippen molar-refractivity contribution in [2.24, 2.45) is 0 Å². The number of anilines is 1. The minimum Gasteiger partial charge on any atom is -0.397 e. The highest BCUT2D eigenvalue weighted by Gasteiger charge is 2.13. The van der Waals surface area contributed by atoms with Crippen molar-refractivity contribution in [1.29, 1.82) is 0 Å². The Labute approximate surface area is 112 Å². The van der Waals surface area contributed by atoms with E-state index in [0.717, 1.165) is 4.31 Å². The summed E-state index contributed by atoms with van der Waals surface area (Å²) < 4.78 is 24.0. The molecule has 0 saturated heterocycles. The Kier molecular flexibility index (Phi) is 5.25. The predicted molar refractivity (Wildman–Crippen MR) is 72.8 cm³/mol. The number of nitrogens with zero attached hydrogens (tertiary/aromatic N) is 2. The molecule has 1 rings (SSSR count). The van der Waals surface area contributed by atoms with Gasteiger partial charge in [-0.05, 0) is 12.1 Å². The second kappa shape index (κ2) is 6.48. The number of pyridine rings is 1. The molecule has 0 radical (unpaired) electrons. The molecule has 0 aromatic carbocycles. The van der Waals surface area contributed by atoms with Crippen molar-refractivity contribution in [3.63, 3.8) is 0 Å². The molecular weight excluding hydrogens is 268 g/mol. The first kappa shape index (κ1) is 15.4. The van der Waals surface area contributed by atoms with Gasteiger partial charge in [0.1, 0.15) is 0 Å². The van der Waals surface area contributed by atoms with Crippen LogP contribution < -0.4 is 11.1 Å². The van der Waals surface area contributed by atoms with Crippen LogP contribution in [-0.4, -0.2) is 50.0 Å². The SMILES string of the molecule is CN(C)S(=O)(=O)CCNC(=O)Cc1ccc(N)cn1. The smallest absolute Gasteiger partial charge is 0.226 e. The standard InChI is InChI=1S/C11H18N4O3S/c1-15(2)19(17,18)6-5-13-11(16)7-10-4-3-9(12)8-14-10/h3-4,8H,5-7,12H2,1-2H3,(H,13,16). The van der Waals surface area contributed by atoms with Gasteiger partial charge in [-0.15, -0.1) is 0 Å². The van der Waals surface area contributed by atoms with Gasteiger partial charge in [0.05, 0.1) is 24.1 Å². The summed E-state index contributed by atoms with van der Waals surface area (Å²) >= 11 is 0. The molecule has 106 valence electrons. The van der Waals surface area contributed by atoms with Gasteiger partial charge in [0.25, 0.3) is 0 Å². The summed E-state index contributed by atoms with van der Waals surface area (Å²) in [6, 6.07) is 3.32. The van der Waals surface area contributed by atoms with Crippen LogP contribution >= 0.6 is 0 Å². The van der Waals surface area contributed by atoms with Crippen LogP contribution in [0.15, 0.2) is 18.3 Å². The van der Waals surface area contributed by atoms with Crippen LogP contribution in [0.5, 0.6) is 0 Å². The van der Waals surface area contributed by atoms with Crippen LogP contribution in [0.25, 0.3) is 0 Å². The van der Waals surface area contributed by atoms with E-state index in [1.807, 2.05) is 0 Å². The predicted octanol–water partition coefficient (Wildman–Crippen LogP) is -0.786. The van der Waals surface area contributed by atoms with Crippen LogP contribution in [0.1, 0.15) is 5.69 Å². The normalized spacial score (nSPS) is 11.5. The van der Waals surface area contributed by atoms with E-state index in [9.17, 15) is 13.2 Å². The largest absolute Gasteiger partial charge is 0.397 e. The fourth-order valence-corrected chi connectivity index (χ4v) is 1.99. The third-order valence-electron chi connectivity index (χ3n) is 2.43. The van der Waals surface area contributed by atoms with Gasteiger partial charge in [-0.3, -0.25) is 9.78 Å². The first-order valence-electron chi connectivity index (χ1n) is 5.68. The van der Waals surface area contributed by atoms with E-state index in [-0.39, 0.29) is 24.6 Å². The molecule has 0 bridgehead atoms. The Hall–Kier alpha value is -1.67. The molecule has 1 heterocycles. The van der Waals surface area contributed by atoms with E-state index in [1.54, 1.807) is 12.1 Å². The average Bonchev–Trinajstić information content (AvgIpc) is 2.31. The fourth-order valence-electron chi connectivity index (χ4n) is 1.27. The third-order valence-corrected chi connectivity index (χ3v) is 4.26. The highest BCUT2D eigenvalue weighted by atomic mass is 32.2. The zero-order valence-corrected chi connectivity index (χ0v) is 11.8. The van der Waals surface area contributed by atoms with Crippen LogP contribution in [0.2, 0.25) is 0 Å². The summed E-state index contributed by atoms with van der Waals surface area (Å²) in [5.74, 6) is -0.396. The topological polar surface area (TPSA) is 105 Å². The molecule has 0 saturated carbocycles. The monoisotopic (exact) mass is 286 g/mol. The van der Waals surface area contributed by atoms with Gasteiger partial charge in [0.2, 0.25) is 15.9 Å². The molecule has 19 heavy (non-hydrogen) atoms. The van der Waals surface area contributed by atoms with E-state index in [4.69, 9.17) is 5.73 Å². The second-order valence-corrected chi connectivity index (χ2v) is 6.51. The Balaban J connectivity index is 2.39. The van der Waals surface area contributed by atoms with Crippen LogP contribution in [0.3, 0.4) is 0 Å². The Bertz CT molecular complexity index is 525. The molecule has 0 fully saturated rings. The van der Waals surface area contributed by atoms with Gasteiger partial charge in [0.15, 0.2) is 0 Å². The van der Waals surface area contributed by atoms with Gasteiger partial charge in [-0.2, -0.15) is 0 Å². The lowest BCUT2D eigenvalue weighted by molar-refractivity contribution is -0.120. The molecule has 0 aliphatic rings. The number of nitrogens with one attached hydrogen (secondary N) is 1. The molecule has 0 atom stereocenters. The number of carbonyl (C=O) groups excluding carboxylic acids is 1.